The molecule has 3 rings (SSSR count). The number of ketones is 1. The topological polar surface area (TPSA) is 52.1 Å². The van der Waals surface area contributed by atoms with Gasteiger partial charge in [0.1, 0.15) is 18.1 Å². The van der Waals surface area contributed by atoms with Gasteiger partial charge in [0.05, 0.1) is 17.9 Å². The molecule has 1 heterocycles. The minimum absolute atomic E-state index is 0.232. The molecule has 17 heavy (non-hydrogen) atoms. The lowest BCUT2D eigenvalue weighted by Crippen LogP contribution is -1.97. The van der Waals surface area contributed by atoms with E-state index in [1.54, 1.807) is 6.20 Å². The molecule has 0 amide bonds. The third-order valence-electron chi connectivity index (χ3n) is 2.79. The summed E-state index contributed by atoms with van der Waals surface area (Å²) in [7, 11) is 0. The van der Waals surface area contributed by atoms with Gasteiger partial charge in [0.15, 0.2) is 5.78 Å². The van der Waals surface area contributed by atoms with E-state index in [0.717, 1.165) is 29.0 Å². The molecule has 1 aromatic heterocycles. The Kier molecular flexibility index (Phi) is 2.60. The molecule has 0 spiro atoms. The van der Waals surface area contributed by atoms with E-state index in [2.05, 4.69) is 8.75 Å². The summed E-state index contributed by atoms with van der Waals surface area (Å²) in [6.45, 7) is 0.420. The number of carbonyl (C=O) groups excluding carboxylic acids is 1. The van der Waals surface area contributed by atoms with Crippen molar-refractivity contribution in [1.82, 2.24) is 8.75 Å². The average molecular weight is 246 g/mol. The van der Waals surface area contributed by atoms with Crippen LogP contribution in [0, 0.1) is 0 Å². The zero-order valence-electron chi connectivity index (χ0n) is 9.05. The van der Waals surface area contributed by atoms with Crippen LogP contribution >= 0.6 is 11.7 Å². The second-order valence-corrected chi connectivity index (χ2v) is 4.49. The molecule has 0 radical (unpaired) electrons. The summed E-state index contributed by atoms with van der Waals surface area (Å²) >= 11 is 1.17. The van der Waals surface area contributed by atoms with E-state index in [9.17, 15) is 4.79 Å². The number of rotatable bonds is 3. The molecule has 0 unspecified atom stereocenters. The summed E-state index contributed by atoms with van der Waals surface area (Å²) in [4.78, 5) is 11.5. The van der Waals surface area contributed by atoms with Crippen LogP contribution in [-0.2, 0) is 13.0 Å². The number of benzene rings is 1. The van der Waals surface area contributed by atoms with Crippen molar-refractivity contribution in [1.29, 1.82) is 0 Å². The van der Waals surface area contributed by atoms with Gasteiger partial charge in [0.2, 0.25) is 0 Å². The Hall–Kier alpha value is -1.75. The molecular weight excluding hydrogens is 236 g/mol. The zero-order valence-corrected chi connectivity index (χ0v) is 9.87. The number of aryl methyl sites for hydroxylation is 1. The van der Waals surface area contributed by atoms with E-state index in [1.165, 1.54) is 11.7 Å². The monoisotopic (exact) mass is 246 g/mol. The summed E-state index contributed by atoms with van der Waals surface area (Å²) < 4.78 is 13.6. The van der Waals surface area contributed by atoms with Crippen molar-refractivity contribution < 1.29 is 9.53 Å². The maximum Gasteiger partial charge on any atom is 0.163 e. The fourth-order valence-electron chi connectivity index (χ4n) is 1.93. The van der Waals surface area contributed by atoms with Gasteiger partial charge in [-0.3, -0.25) is 4.79 Å². The van der Waals surface area contributed by atoms with Crippen molar-refractivity contribution in [2.24, 2.45) is 0 Å². The molecule has 4 nitrogen and oxygen atoms in total. The quantitative estimate of drug-likeness (QED) is 0.833. The van der Waals surface area contributed by atoms with Crippen molar-refractivity contribution >= 4 is 17.5 Å². The van der Waals surface area contributed by atoms with Crippen molar-refractivity contribution in [3.05, 3.63) is 41.2 Å². The van der Waals surface area contributed by atoms with E-state index in [1.807, 2.05) is 18.2 Å². The number of fused-ring (bicyclic) bond motifs is 1. The number of Topliss-reactive ketones (excluding diaryl/α,β-unsaturated/α-hetero) is 1. The van der Waals surface area contributed by atoms with Gasteiger partial charge in [-0.05, 0) is 30.2 Å². The lowest BCUT2D eigenvalue weighted by Gasteiger charge is -2.05. The van der Waals surface area contributed by atoms with Crippen molar-refractivity contribution in [2.75, 3.05) is 0 Å². The highest BCUT2D eigenvalue weighted by atomic mass is 32.1. The van der Waals surface area contributed by atoms with Crippen LogP contribution in [0.4, 0.5) is 0 Å². The maximum atomic E-state index is 11.5. The molecular formula is C12H10N2O2S. The molecule has 86 valence electrons. The van der Waals surface area contributed by atoms with E-state index < -0.39 is 0 Å². The van der Waals surface area contributed by atoms with Crippen LogP contribution in [0.15, 0.2) is 24.4 Å². The normalized spacial score (nSPS) is 13.8. The van der Waals surface area contributed by atoms with E-state index >= 15 is 0 Å². The third-order valence-corrected chi connectivity index (χ3v) is 3.31. The number of aromatic nitrogens is 2. The highest BCUT2D eigenvalue weighted by Gasteiger charge is 2.19. The molecule has 0 fully saturated rings. The molecule has 5 heteroatoms. The maximum absolute atomic E-state index is 11.5. The van der Waals surface area contributed by atoms with Gasteiger partial charge in [-0.2, -0.15) is 8.75 Å². The molecule has 2 aromatic rings. The van der Waals surface area contributed by atoms with E-state index in [4.69, 9.17) is 4.74 Å². The molecule has 0 saturated carbocycles. The summed E-state index contributed by atoms with van der Waals surface area (Å²) in [5.74, 6) is 1.02. The van der Waals surface area contributed by atoms with Crippen LogP contribution in [-0.4, -0.2) is 14.5 Å². The second kappa shape index (κ2) is 4.25. The Morgan fingerprint density at radius 1 is 1.35 bits per heavy atom. The minimum atomic E-state index is 0.232. The van der Waals surface area contributed by atoms with Crippen LogP contribution in [0.3, 0.4) is 0 Å². The third kappa shape index (κ3) is 2.06. The molecule has 0 atom stereocenters. The standard InChI is InChI=1S/C12H10N2O2S/c15-12-4-1-8-5-10(2-3-11(8)12)16-7-9-6-13-17-14-9/h2-3,5-6H,1,4,7H2. The lowest BCUT2D eigenvalue weighted by molar-refractivity contribution is 0.0994. The predicted molar refractivity (Wildman–Crippen MR) is 63.3 cm³/mol. The fourth-order valence-corrected chi connectivity index (χ4v) is 2.35. The van der Waals surface area contributed by atoms with Crippen LogP contribution in [0.25, 0.3) is 0 Å². The molecule has 1 aliphatic rings. The Morgan fingerprint density at radius 3 is 3.12 bits per heavy atom. The summed E-state index contributed by atoms with van der Waals surface area (Å²) in [5.41, 5.74) is 2.75. The van der Waals surface area contributed by atoms with Crippen molar-refractivity contribution in [2.45, 2.75) is 19.4 Å². The molecule has 0 bridgehead atoms. The smallest absolute Gasteiger partial charge is 0.163 e. The number of ether oxygens (including phenoxy) is 1. The Bertz CT molecular complexity index is 552. The van der Waals surface area contributed by atoms with E-state index in [-0.39, 0.29) is 5.78 Å². The van der Waals surface area contributed by atoms with Gasteiger partial charge in [0, 0.05) is 12.0 Å². The molecule has 1 aromatic carbocycles. The predicted octanol–water partition coefficient (Wildman–Crippen LogP) is 2.25. The highest BCUT2D eigenvalue weighted by molar-refractivity contribution is 6.99. The Balaban J connectivity index is 1.74. The first kappa shape index (κ1) is 10.4. The zero-order chi connectivity index (χ0) is 11.7. The fraction of sp³-hybridized carbons (Fsp3) is 0.250. The number of hydrogen-bond donors (Lipinski definition) is 0. The van der Waals surface area contributed by atoms with Crippen LogP contribution < -0.4 is 4.74 Å². The van der Waals surface area contributed by atoms with Crippen LogP contribution in [0.1, 0.15) is 28.0 Å². The summed E-state index contributed by atoms with van der Waals surface area (Å²) in [6.07, 6.45) is 3.14. The number of hydrogen-bond acceptors (Lipinski definition) is 5. The minimum Gasteiger partial charge on any atom is -0.487 e. The molecule has 1 aliphatic carbocycles. The van der Waals surface area contributed by atoms with Gasteiger partial charge < -0.3 is 4.74 Å². The first-order valence-electron chi connectivity index (χ1n) is 5.38. The Morgan fingerprint density at radius 2 is 2.29 bits per heavy atom. The van der Waals surface area contributed by atoms with E-state index in [0.29, 0.717) is 13.0 Å². The van der Waals surface area contributed by atoms with Gasteiger partial charge in [0.25, 0.3) is 0 Å². The molecule has 0 N–H and O–H groups in total. The average Bonchev–Trinajstić information content (AvgIpc) is 2.97. The SMILES string of the molecule is O=C1CCc2cc(OCc3cnsn3)ccc21. The number of nitrogens with zero attached hydrogens (tertiary/aromatic N) is 2. The van der Waals surface area contributed by atoms with Gasteiger partial charge in [-0.1, -0.05) is 0 Å². The first-order valence-corrected chi connectivity index (χ1v) is 6.11. The molecule has 0 aliphatic heterocycles. The largest absolute Gasteiger partial charge is 0.487 e. The van der Waals surface area contributed by atoms with Gasteiger partial charge >= 0.3 is 0 Å². The summed E-state index contributed by atoms with van der Waals surface area (Å²) in [5, 5.41) is 0. The van der Waals surface area contributed by atoms with Crippen LogP contribution in [0.5, 0.6) is 5.75 Å². The van der Waals surface area contributed by atoms with Gasteiger partial charge in [-0.25, -0.2) is 0 Å². The van der Waals surface area contributed by atoms with Crippen molar-refractivity contribution in [3.63, 3.8) is 0 Å². The molecule has 0 saturated heterocycles. The number of carbonyl (C=O) groups is 1. The first-order chi connectivity index (χ1) is 8.33. The summed E-state index contributed by atoms with van der Waals surface area (Å²) in [6, 6.07) is 5.63. The van der Waals surface area contributed by atoms with Crippen molar-refractivity contribution in [3.8, 4) is 5.75 Å². The van der Waals surface area contributed by atoms with Crippen LogP contribution in [0.2, 0.25) is 0 Å². The lowest BCUT2D eigenvalue weighted by atomic mass is 10.1. The Labute approximate surface area is 103 Å². The highest BCUT2D eigenvalue weighted by Crippen LogP contribution is 2.26. The second-order valence-electron chi connectivity index (χ2n) is 3.93. The van der Waals surface area contributed by atoms with Gasteiger partial charge in [-0.15, -0.1) is 0 Å².